The summed E-state index contributed by atoms with van der Waals surface area (Å²) >= 11 is 0. The minimum atomic E-state index is -1.70. The van der Waals surface area contributed by atoms with Gasteiger partial charge in [-0.15, -0.1) is 6.42 Å². The van der Waals surface area contributed by atoms with E-state index in [1.165, 1.54) is 0 Å². The molecule has 0 spiro atoms. The molecule has 0 saturated carbocycles. The van der Waals surface area contributed by atoms with Crippen LogP contribution < -0.4 is 11.2 Å². The molecule has 27 heavy (non-hydrogen) atoms. The second kappa shape index (κ2) is 6.17. The third kappa shape index (κ3) is 2.67. The van der Waals surface area contributed by atoms with Gasteiger partial charge in [-0.1, -0.05) is 5.92 Å². The molecule has 5 nitrogen and oxygen atoms in total. The van der Waals surface area contributed by atoms with Crippen LogP contribution in [0.4, 0.5) is 23.2 Å². The second-order valence-electron chi connectivity index (χ2n) is 5.46. The zero-order valence-electron chi connectivity index (χ0n) is 13.2. The van der Waals surface area contributed by atoms with Gasteiger partial charge < -0.3 is 15.4 Å². The number of anilines is 1. The third-order valence-corrected chi connectivity index (χ3v) is 3.88. The molecule has 2 aromatic carbocycles. The van der Waals surface area contributed by atoms with E-state index in [9.17, 15) is 32.3 Å². The first kappa shape index (κ1) is 18.0. The maximum atomic E-state index is 14.3. The van der Waals surface area contributed by atoms with Crippen molar-refractivity contribution in [3.05, 3.63) is 69.0 Å². The number of nitrogens with zero attached hydrogens (tertiary/aromatic N) is 1. The SMILES string of the molecule is C#Cc1c(F)c(F)cc2c(=O)c(C(=O)O)cn(-c3cc(N)c(F)cc3F)c12. The summed E-state index contributed by atoms with van der Waals surface area (Å²) in [4.78, 5) is 23.7. The first-order chi connectivity index (χ1) is 12.7. The molecular weight excluding hydrogens is 368 g/mol. The number of benzene rings is 2. The highest BCUT2D eigenvalue weighted by molar-refractivity contribution is 5.95. The monoisotopic (exact) mass is 376 g/mol. The van der Waals surface area contributed by atoms with E-state index in [1.54, 1.807) is 0 Å². The Kier molecular flexibility index (Phi) is 4.12. The lowest BCUT2D eigenvalue weighted by Crippen LogP contribution is -2.20. The summed E-state index contributed by atoms with van der Waals surface area (Å²) in [5.74, 6) is -5.10. The Morgan fingerprint density at radius 2 is 1.78 bits per heavy atom. The van der Waals surface area contributed by atoms with Crippen molar-refractivity contribution in [1.82, 2.24) is 4.57 Å². The number of halogens is 4. The molecular formula is C18H8F4N2O3. The Morgan fingerprint density at radius 1 is 1.11 bits per heavy atom. The summed E-state index contributed by atoms with van der Waals surface area (Å²) in [7, 11) is 0. The summed E-state index contributed by atoms with van der Waals surface area (Å²) in [6, 6.07) is 1.69. The molecule has 0 amide bonds. The molecule has 0 atom stereocenters. The van der Waals surface area contributed by atoms with Gasteiger partial charge in [-0.2, -0.15) is 0 Å². The fraction of sp³-hybridized carbons (Fsp3) is 0. The van der Waals surface area contributed by atoms with Crippen molar-refractivity contribution < 1.29 is 27.5 Å². The van der Waals surface area contributed by atoms with Gasteiger partial charge in [0.25, 0.3) is 0 Å². The van der Waals surface area contributed by atoms with E-state index in [4.69, 9.17) is 12.2 Å². The number of nitrogen functional groups attached to an aromatic ring is 1. The lowest BCUT2D eigenvalue weighted by Gasteiger charge is -2.16. The number of terminal acetylenes is 1. The highest BCUT2D eigenvalue weighted by Gasteiger charge is 2.23. The number of nitrogens with two attached hydrogens (primary N) is 1. The molecule has 1 heterocycles. The van der Waals surface area contributed by atoms with E-state index >= 15 is 0 Å². The van der Waals surface area contributed by atoms with Gasteiger partial charge in [0.2, 0.25) is 5.43 Å². The second-order valence-corrected chi connectivity index (χ2v) is 5.46. The molecule has 0 bridgehead atoms. The van der Waals surface area contributed by atoms with Crippen molar-refractivity contribution in [2.75, 3.05) is 5.73 Å². The molecule has 3 N–H and O–H groups in total. The average Bonchev–Trinajstić information content (AvgIpc) is 2.60. The lowest BCUT2D eigenvalue weighted by atomic mass is 10.0. The fourth-order valence-electron chi connectivity index (χ4n) is 2.65. The summed E-state index contributed by atoms with van der Waals surface area (Å²) in [5.41, 5.74) is 1.19. The molecule has 3 rings (SSSR count). The van der Waals surface area contributed by atoms with E-state index in [-0.39, 0.29) is 0 Å². The van der Waals surface area contributed by atoms with Gasteiger partial charge in [0.15, 0.2) is 11.6 Å². The minimum Gasteiger partial charge on any atom is -0.477 e. The van der Waals surface area contributed by atoms with E-state index in [0.29, 0.717) is 18.3 Å². The molecule has 136 valence electrons. The third-order valence-electron chi connectivity index (χ3n) is 3.88. The molecule has 0 aliphatic carbocycles. The van der Waals surface area contributed by atoms with Crippen molar-refractivity contribution in [3.8, 4) is 18.0 Å². The standard InChI is InChI=1S/C18H8F4N2O3/c1-2-7-15(22)12(21)3-8-16(7)24(6-9(17(8)25)18(26)27)14-5-13(23)10(19)4-11(14)20/h1,3-6H,23H2,(H,26,27). The molecule has 0 aliphatic heterocycles. The molecule has 0 aliphatic rings. The van der Waals surface area contributed by atoms with Crippen LogP contribution in [0, 0.1) is 35.6 Å². The van der Waals surface area contributed by atoms with Crippen LogP contribution in [0.2, 0.25) is 0 Å². The molecule has 3 aromatic rings. The number of hydrogen-bond donors (Lipinski definition) is 2. The van der Waals surface area contributed by atoms with Gasteiger partial charge in [-0.05, 0) is 12.1 Å². The van der Waals surface area contributed by atoms with Crippen LogP contribution in [0.25, 0.3) is 16.6 Å². The highest BCUT2D eigenvalue weighted by atomic mass is 19.2. The Hall–Kier alpha value is -3.80. The molecule has 9 heteroatoms. The molecule has 0 fully saturated rings. The zero-order valence-corrected chi connectivity index (χ0v) is 13.2. The quantitative estimate of drug-likeness (QED) is 0.409. The number of aromatic carboxylic acids is 1. The summed E-state index contributed by atoms with van der Waals surface area (Å²) in [6.07, 6.45) is 5.89. The van der Waals surface area contributed by atoms with Gasteiger partial charge in [0, 0.05) is 12.3 Å². The number of fused-ring (bicyclic) bond motifs is 1. The molecule has 0 unspecified atom stereocenters. The van der Waals surface area contributed by atoms with Crippen molar-refractivity contribution in [2.45, 2.75) is 0 Å². The van der Waals surface area contributed by atoms with Crippen LogP contribution in [0.15, 0.2) is 29.2 Å². The Balaban J connectivity index is 2.64. The molecule has 0 radical (unpaired) electrons. The van der Waals surface area contributed by atoms with Crippen LogP contribution in [-0.4, -0.2) is 15.6 Å². The number of carboxylic acids is 1. The normalized spacial score (nSPS) is 10.8. The highest BCUT2D eigenvalue weighted by Crippen LogP contribution is 2.28. The van der Waals surface area contributed by atoms with Crippen LogP contribution >= 0.6 is 0 Å². The fourth-order valence-corrected chi connectivity index (χ4v) is 2.65. The Bertz CT molecular complexity index is 1240. The lowest BCUT2D eigenvalue weighted by molar-refractivity contribution is 0.0695. The number of aromatic nitrogens is 1. The van der Waals surface area contributed by atoms with Crippen LogP contribution in [-0.2, 0) is 0 Å². The van der Waals surface area contributed by atoms with Crippen LogP contribution in [0.1, 0.15) is 15.9 Å². The van der Waals surface area contributed by atoms with Crippen LogP contribution in [0.3, 0.4) is 0 Å². The predicted octanol–water partition coefficient (Wildman–Crippen LogP) is 2.81. The number of carboxylic acid groups (broad SMARTS) is 1. The topological polar surface area (TPSA) is 85.3 Å². The van der Waals surface area contributed by atoms with E-state index in [1.807, 2.05) is 5.92 Å². The summed E-state index contributed by atoms with van der Waals surface area (Å²) < 4.78 is 56.5. The number of carbonyl (C=O) groups is 1. The number of hydrogen-bond acceptors (Lipinski definition) is 3. The van der Waals surface area contributed by atoms with Crippen molar-refractivity contribution >= 4 is 22.6 Å². The van der Waals surface area contributed by atoms with Crippen LogP contribution in [0.5, 0.6) is 0 Å². The smallest absolute Gasteiger partial charge is 0.341 e. The zero-order chi connectivity index (χ0) is 20.0. The molecule has 1 aromatic heterocycles. The van der Waals surface area contributed by atoms with Crippen molar-refractivity contribution in [1.29, 1.82) is 0 Å². The van der Waals surface area contributed by atoms with E-state index < -0.39 is 68.1 Å². The van der Waals surface area contributed by atoms with Gasteiger partial charge in [-0.25, -0.2) is 22.4 Å². The Morgan fingerprint density at radius 3 is 2.37 bits per heavy atom. The van der Waals surface area contributed by atoms with Gasteiger partial charge >= 0.3 is 5.97 Å². The maximum Gasteiger partial charge on any atom is 0.341 e. The summed E-state index contributed by atoms with van der Waals surface area (Å²) in [5, 5.41) is 8.62. The summed E-state index contributed by atoms with van der Waals surface area (Å²) in [6.45, 7) is 0. The van der Waals surface area contributed by atoms with E-state index in [2.05, 4.69) is 0 Å². The average molecular weight is 376 g/mol. The minimum absolute atomic E-state index is 0.421. The first-order valence-corrected chi connectivity index (χ1v) is 7.19. The van der Waals surface area contributed by atoms with Crippen molar-refractivity contribution in [2.24, 2.45) is 0 Å². The maximum absolute atomic E-state index is 14.3. The van der Waals surface area contributed by atoms with Gasteiger partial charge in [-0.3, -0.25) is 4.79 Å². The van der Waals surface area contributed by atoms with E-state index in [0.717, 1.165) is 10.6 Å². The van der Waals surface area contributed by atoms with Gasteiger partial charge in [0.05, 0.1) is 27.8 Å². The first-order valence-electron chi connectivity index (χ1n) is 7.19. The van der Waals surface area contributed by atoms with Gasteiger partial charge in [0.1, 0.15) is 17.2 Å². The Labute approximate surface area is 148 Å². The predicted molar refractivity (Wildman–Crippen MR) is 88.7 cm³/mol. The largest absolute Gasteiger partial charge is 0.477 e. The number of pyridine rings is 1. The van der Waals surface area contributed by atoms with Crippen molar-refractivity contribution in [3.63, 3.8) is 0 Å². The number of rotatable bonds is 2. The molecule has 0 saturated heterocycles.